The Morgan fingerprint density at radius 3 is 2.34 bits per heavy atom. The van der Waals surface area contributed by atoms with E-state index < -0.39 is 35.3 Å². The van der Waals surface area contributed by atoms with E-state index in [1.165, 1.54) is 28.9 Å². The highest BCUT2D eigenvalue weighted by atomic mass is 19.1. The van der Waals surface area contributed by atoms with Crippen LogP contribution in [0.15, 0.2) is 114 Å². The second-order valence-electron chi connectivity index (χ2n) is 12.4. The minimum Gasteiger partial charge on any atom is -0.497 e. The molecule has 2 unspecified atom stereocenters. The van der Waals surface area contributed by atoms with Crippen molar-refractivity contribution in [2.24, 2.45) is 11.7 Å². The van der Waals surface area contributed by atoms with Crippen molar-refractivity contribution in [3.63, 3.8) is 0 Å². The third-order valence-corrected chi connectivity index (χ3v) is 8.59. The van der Waals surface area contributed by atoms with E-state index in [4.69, 9.17) is 19.9 Å². The molecule has 6 rings (SSSR count). The van der Waals surface area contributed by atoms with Gasteiger partial charge in [0.1, 0.15) is 23.1 Å². The van der Waals surface area contributed by atoms with E-state index in [-0.39, 0.29) is 41.4 Å². The maximum atomic E-state index is 15.4. The van der Waals surface area contributed by atoms with Gasteiger partial charge in [0.05, 0.1) is 29.6 Å². The van der Waals surface area contributed by atoms with Crippen LogP contribution >= 0.6 is 0 Å². The van der Waals surface area contributed by atoms with Crippen LogP contribution < -0.4 is 26.1 Å². The van der Waals surface area contributed by atoms with Crippen LogP contribution in [0.3, 0.4) is 0 Å². The van der Waals surface area contributed by atoms with Gasteiger partial charge in [0.25, 0.3) is 11.5 Å². The van der Waals surface area contributed by atoms with Crippen molar-refractivity contribution < 1.29 is 33.0 Å². The molecule has 2 atom stereocenters. The number of methoxy groups -OCH3 is 1. The molecule has 2 aromatic heterocycles. The molecule has 0 aliphatic carbocycles. The summed E-state index contributed by atoms with van der Waals surface area (Å²) in [5.41, 5.74) is 7.14. The summed E-state index contributed by atoms with van der Waals surface area (Å²) in [5, 5.41) is 3.29. The predicted molar refractivity (Wildman–Crippen MR) is 196 cm³/mol. The molecule has 0 radical (unpaired) electrons. The van der Waals surface area contributed by atoms with Gasteiger partial charge < -0.3 is 25.3 Å². The second-order valence-corrected chi connectivity index (χ2v) is 12.4. The number of hydrogen-bond acceptors (Lipinski definition) is 9. The van der Waals surface area contributed by atoms with Crippen LogP contribution in [0.5, 0.6) is 17.2 Å². The number of rotatable bonds is 12. The molecule has 0 saturated carbocycles. The molecule has 4 aromatic carbocycles. The summed E-state index contributed by atoms with van der Waals surface area (Å²) in [6.45, 7) is 3.62. The van der Waals surface area contributed by atoms with Gasteiger partial charge in [-0.3, -0.25) is 19.3 Å². The van der Waals surface area contributed by atoms with Crippen molar-refractivity contribution in [3.8, 4) is 22.9 Å². The van der Waals surface area contributed by atoms with Gasteiger partial charge in [0, 0.05) is 35.9 Å². The molecule has 3 N–H and O–H groups in total. The fourth-order valence-electron chi connectivity index (χ4n) is 5.95. The first kappa shape index (κ1) is 36.2. The molecule has 0 aliphatic heterocycles. The number of hydrogen-bond donors (Lipinski definition) is 2. The van der Waals surface area contributed by atoms with Crippen LogP contribution in [0.4, 0.5) is 10.1 Å². The zero-order valence-electron chi connectivity index (χ0n) is 29.1. The zero-order chi connectivity index (χ0) is 37.6. The molecule has 13 heteroatoms. The Bertz CT molecular complexity index is 2360. The van der Waals surface area contributed by atoms with E-state index in [9.17, 15) is 19.2 Å². The summed E-state index contributed by atoms with van der Waals surface area (Å²) in [5.74, 6) is -2.59. The fourth-order valence-corrected chi connectivity index (χ4v) is 5.95. The number of nitrogens with two attached hydrogens (primary N) is 1. The van der Waals surface area contributed by atoms with Gasteiger partial charge >= 0.3 is 11.9 Å². The molecular weight excluding hydrogens is 681 g/mol. The number of halogens is 1. The number of anilines is 1. The second kappa shape index (κ2) is 15.7. The normalized spacial score (nSPS) is 12.2. The van der Waals surface area contributed by atoms with Crippen molar-refractivity contribution in [2.75, 3.05) is 12.4 Å². The molecule has 2 heterocycles. The van der Waals surface area contributed by atoms with E-state index >= 15 is 4.39 Å². The van der Waals surface area contributed by atoms with Crippen molar-refractivity contribution in [2.45, 2.75) is 32.9 Å². The highest BCUT2D eigenvalue weighted by Gasteiger charge is 2.27. The molecular formula is C40H36FN5O7. The molecule has 53 heavy (non-hydrogen) atoms. The lowest BCUT2D eigenvalue weighted by molar-refractivity contribution is -0.139. The number of ether oxygens (including phenoxy) is 3. The SMILES string of the molecule is COc1ccc2c(Oc3ccc(NC(=O)c4c(C)n(CC(C)CC(N)C(=O)OC(=O)c5ccccc5)n(-c5ccccc5)c4=O)cc3F)ccnc2c1. The van der Waals surface area contributed by atoms with Gasteiger partial charge in [-0.25, -0.2) is 18.7 Å². The number of carbonyl (C=O) groups excluding carboxylic acids is 3. The Balaban J connectivity index is 1.20. The van der Waals surface area contributed by atoms with Gasteiger partial charge in [0.2, 0.25) is 0 Å². The van der Waals surface area contributed by atoms with Crippen LogP contribution in [0, 0.1) is 18.7 Å². The van der Waals surface area contributed by atoms with E-state index in [1.54, 1.807) is 97.7 Å². The van der Waals surface area contributed by atoms with E-state index in [1.807, 2.05) is 6.92 Å². The average molecular weight is 718 g/mol. The number of fused-ring (bicyclic) bond motifs is 1. The summed E-state index contributed by atoms with van der Waals surface area (Å²) in [4.78, 5) is 57.0. The maximum absolute atomic E-state index is 15.4. The number of pyridine rings is 1. The first-order valence-electron chi connectivity index (χ1n) is 16.7. The molecule has 0 bridgehead atoms. The standard InChI is InChI=1S/C40H36FN5O7/c1-24(20-32(42)40(50)53-39(49)26-10-6-4-7-11-26)23-45-25(2)36(38(48)46(45)28-12-8-5-9-13-28)37(47)44-27-14-17-35(31(41)21-27)52-34-18-19-43-33-22-29(51-3)15-16-30(33)34/h4-19,21-22,24,32H,20,23,42H2,1-3H3,(H,44,47). The van der Waals surface area contributed by atoms with Gasteiger partial charge in [-0.15, -0.1) is 0 Å². The molecule has 0 spiro atoms. The number of carbonyl (C=O) groups is 3. The number of para-hydroxylation sites is 1. The molecule has 270 valence electrons. The first-order chi connectivity index (χ1) is 25.5. The molecule has 0 aliphatic rings. The first-order valence-corrected chi connectivity index (χ1v) is 16.7. The molecule has 12 nitrogen and oxygen atoms in total. The summed E-state index contributed by atoms with van der Waals surface area (Å²) >= 11 is 0. The number of nitrogens with one attached hydrogen (secondary N) is 1. The van der Waals surface area contributed by atoms with Crippen molar-refractivity contribution >= 4 is 34.4 Å². The fraction of sp³-hybridized carbons (Fsp3) is 0.175. The van der Waals surface area contributed by atoms with Gasteiger partial charge in [-0.05, 0) is 73.9 Å². The quantitative estimate of drug-likeness (QED) is 0.108. The highest BCUT2D eigenvalue weighted by molar-refractivity contribution is 6.05. The van der Waals surface area contributed by atoms with Crippen molar-refractivity contribution in [1.82, 2.24) is 14.3 Å². The third kappa shape index (κ3) is 8.00. The Labute approximate surface area is 303 Å². The minimum absolute atomic E-state index is 0.0828. The summed E-state index contributed by atoms with van der Waals surface area (Å²) in [7, 11) is 1.55. The Hall–Kier alpha value is -6.60. The number of aromatic nitrogens is 3. The van der Waals surface area contributed by atoms with Crippen LogP contribution in [-0.4, -0.2) is 45.3 Å². The summed E-state index contributed by atoms with van der Waals surface area (Å²) in [6, 6.07) is 26.5. The lowest BCUT2D eigenvalue weighted by Gasteiger charge is -2.20. The topological polar surface area (TPSA) is 157 Å². The van der Waals surface area contributed by atoms with Crippen LogP contribution in [0.1, 0.15) is 39.8 Å². The Morgan fingerprint density at radius 1 is 0.925 bits per heavy atom. The van der Waals surface area contributed by atoms with E-state index in [0.717, 1.165) is 6.07 Å². The Kier molecular flexibility index (Phi) is 10.8. The number of esters is 2. The number of amides is 1. The lowest BCUT2D eigenvalue weighted by atomic mass is 10.0. The number of nitrogens with zero attached hydrogens (tertiary/aromatic N) is 3. The van der Waals surface area contributed by atoms with Gasteiger partial charge in [0.15, 0.2) is 11.6 Å². The third-order valence-electron chi connectivity index (χ3n) is 8.59. The zero-order valence-corrected chi connectivity index (χ0v) is 29.1. The van der Waals surface area contributed by atoms with Crippen molar-refractivity contribution in [3.05, 3.63) is 142 Å². The monoisotopic (exact) mass is 717 g/mol. The van der Waals surface area contributed by atoms with Gasteiger partial charge in [-0.2, -0.15) is 0 Å². The molecule has 0 saturated heterocycles. The molecule has 1 amide bonds. The van der Waals surface area contributed by atoms with Crippen LogP contribution in [0.2, 0.25) is 0 Å². The van der Waals surface area contributed by atoms with Gasteiger partial charge in [-0.1, -0.05) is 43.3 Å². The van der Waals surface area contributed by atoms with E-state index in [2.05, 4.69) is 10.3 Å². The lowest BCUT2D eigenvalue weighted by Crippen LogP contribution is -2.36. The summed E-state index contributed by atoms with van der Waals surface area (Å²) < 4.78 is 34.5. The predicted octanol–water partition coefficient (Wildman–Crippen LogP) is 6.43. The highest BCUT2D eigenvalue weighted by Crippen LogP contribution is 2.33. The van der Waals surface area contributed by atoms with Crippen LogP contribution in [0.25, 0.3) is 16.6 Å². The maximum Gasteiger partial charge on any atom is 0.345 e. The smallest absolute Gasteiger partial charge is 0.345 e. The average Bonchev–Trinajstić information content (AvgIpc) is 3.40. The van der Waals surface area contributed by atoms with Crippen molar-refractivity contribution in [1.29, 1.82) is 0 Å². The minimum atomic E-state index is -1.13. The number of benzene rings is 4. The van der Waals surface area contributed by atoms with E-state index in [0.29, 0.717) is 33.8 Å². The Morgan fingerprint density at radius 2 is 1.64 bits per heavy atom. The molecule has 0 fully saturated rings. The summed E-state index contributed by atoms with van der Waals surface area (Å²) in [6.07, 6.45) is 1.65. The largest absolute Gasteiger partial charge is 0.497 e. The molecule has 6 aromatic rings. The van der Waals surface area contributed by atoms with Crippen LogP contribution in [-0.2, 0) is 16.1 Å².